The molecule has 0 saturated carbocycles. The molecule has 2 unspecified atom stereocenters. The van der Waals surface area contributed by atoms with Crippen LogP contribution in [0.3, 0.4) is 0 Å². The number of hydrogen-bond acceptors (Lipinski definition) is 5. The first-order valence-corrected chi connectivity index (χ1v) is 6.64. The van der Waals surface area contributed by atoms with Gasteiger partial charge in [0.15, 0.2) is 0 Å². The van der Waals surface area contributed by atoms with E-state index in [9.17, 15) is 4.79 Å². The number of ether oxygens (including phenoxy) is 1. The molecule has 1 aromatic heterocycles. The van der Waals surface area contributed by atoms with Gasteiger partial charge in [0.25, 0.3) is 0 Å². The van der Waals surface area contributed by atoms with Crippen molar-refractivity contribution in [3.8, 4) is 0 Å². The third kappa shape index (κ3) is 3.11. The van der Waals surface area contributed by atoms with Crippen molar-refractivity contribution in [2.75, 3.05) is 6.61 Å². The van der Waals surface area contributed by atoms with Gasteiger partial charge in [-0.2, -0.15) is 4.98 Å². The minimum atomic E-state index is -0.394. The third-order valence-corrected chi connectivity index (χ3v) is 3.11. The zero-order chi connectivity index (χ0) is 14.5. The maximum Gasteiger partial charge on any atom is 0.237 e. The summed E-state index contributed by atoms with van der Waals surface area (Å²) in [5, 5.41) is 3.95. The maximum atomic E-state index is 11.4. The van der Waals surface area contributed by atoms with Gasteiger partial charge in [0.1, 0.15) is 11.9 Å². The number of aromatic nitrogens is 2. The quantitative estimate of drug-likeness (QED) is 0.810. The normalized spacial score (nSPS) is 13.9. The van der Waals surface area contributed by atoms with Crippen LogP contribution in [0, 0.1) is 0 Å². The zero-order valence-corrected chi connectivity index (χ0v) is 11.9. The highest BCUT2D eigenvalue weighted by Gasteiger charge is 2.24. The molecule has 0 aliphatic rings. The van der Waals surface area contributed by atoms with Gasteiger partial charge < -0.3 is 9.26 Å². The van der Waals surface area contributed by atoms with Gasteiger partial charge in [0.05, 0.1) is 5.92 Å². The lowest BCUT2D eigenvalue weighted by Crippen LogP contribution is -2.09. The number of carbonyl (C=O) groups excluding carboxylic acids is 1. The molecule has 0 spiro atoms. The summed E-state index contributed by atoms with van der Waals surface area (Å²) < 4.78 is 10.9. The summed E-state index contributed by atoms with van der Waals surface area (Å²) in [6.45, 7) is 5.70. The first kappa shape index (κ1) is 14.4. The molecule has 0 amide bonds. The lowest BCUT2D eigenvalue weighted by molar-refractivity contribution is -0.118. The summed E-state index contributed by atoms with van der Waals surface area (Å²) >= 11 is 0. The van der Waals surface area contributed by atoms with E-state index in [0.717, 1.165) is 5.56 Å². The van der Waals surface area contributed by atoms with Gasteiger partial charge in [-0.15, -0.1) is 0 Å². The SMILES string of the molecule is CCOC(c1ccccc1)c1noc(C(C)C(C)=O)n1. The van der Waals surface area contributed by atoms with Gasteiger partial charge in [-0.1, -0.05) is 35.5 Å². The van der Waals surface area contributed by atoms with Crippen molar-refractivity contribution < 1.29 is 14.1 Å². The Morgan fingerprint density at radius 3 is 2.65 bits per heavy atom. The Kier molecular flexibility index (Phi) is 4.63. The van der Waals surface area contributed by atoms with Crippen LogP contribution in [0.1, 0.15) is 50.1 Å². The van der Waals surface area contributed by atoms with Gasteiger partial charge in [-0.25, -0.2) is 0 Å². The van der Waals surface area contributed by atoms with E-state index < -0.39 is 5.92 Å². The first-order chi connectivity index (χ1) is 9.63. The number of Topliss-reactive ketones (excluding diaryl/α,β-unsaturated/α-hetero) is 1. The fourth-order valence-electron chi connectivity index (χ4n) is 1.82. The smallest absolute Gasteiger partial charge is 0.237 e. The van der Waals surface area contributed by atoms with Crippen LogP contribution in [-0.2, 0) is 9.53 Å². The van der Waals surface area contributed by atoms with Crippen LogP contribution in [0.15, 0.2) is 34.9 Å². The molecule has 0 N–H and O–H groups in total. The van der Waals surface area contributed by atoms with E-state index in [-0.39, 0.29) is 11.9 Å². The minimum Gasteiger partial charge on any atom is -0.366 e. The molecule has 5 heteroatoms. The average molecular weight is 274 g/mol. The van der Waals surface area contributed by atoms with E-state index in [2.05, 4.69) is 10.1 Å². The summed E-state index contributed by atoms with van der Waals surface area (Å²) in [5.74, 6) is 0.372. The molecule has 2 aromatic rings. The molecule has 0 aliphatic carbocycles. The number of rotatable bonds is 6. The van der Waals surface area contributed by atoms with Crippen LogP contribution in [0.2, 0.25) is 0 Å². The van der Waals surface area contributed by atoms with Crippen molar-refractivity contribution in [3.05, 3.63) is 47.6 Å². The van der Waals surface area contributed by atoms with Crippen molar-refractivity contribution in [3.63, 3.8) is 0 Å². The van der Waals surface area contributed by atoms with Gasteiger partial charge in [-0.05, 0) is 26.3 Å². The standard InChI is InChI=1S/C15H18N2O3/c1-4-19-13(12-8-6-5-7-9-12)14-16-15(20-17-14)10(2)11(3)18/h5-10,13H,4H2,1-3H3. The van der Waals surface area contributed by atoms with Crippen LogP contribution in [0.5, 0.6) is 0 Å². The molecule has 1 aromatic carbocycles. The van der Waals surface area contributed by atoms with Crippen molar-refractivity contribution in [2.45, 2.75) is 32.8 Å². The molecule has 1 heterocycles. The predicted molar refractivity (Wildman–Crippen MR) is 73.3 cm³/mol. The lowest BCUT2D eigenvalue weighted by atomic mass is 10.1. The van der Waals surface area contributed by atoms with Crippen LogP contribution >= 0.6 is 0 Å². The molecule has 0 aliphatic heterocycles. The van der Waals surface area contributed by atoms with Crippen LogP contribution < -0.4 is 0 Å². The molecule has 0 bridgehead atoms. The molecule has 0 saturated heterocycles. The zero-order valence-electron chi connectivity index (χ0n) is 11.9. The fraction of sp³-hybridized carbons (Fsp3) is 0.400. The predicted octanol–water partition coefficient (Wildman–Crippen LogP) is 2.89. The Balaban J connectivity index is 2.29. The van der Waals surface area contributed by atoms with Crippen LogP contribution in [0.4, 0.5) is 0 Å². The van der Waals surface area contributed by atoms with Gasteiger partial charge >= 0.3 is 0 Å². The van der Waals surface area contributed by atoms with Crippen molar-refractivity contribution in [1.82, 2.24) is 10.1 Å². The summed E-state index contributed by atoms with van der Waals surface area (Å²) in [6, 6.07) is 9.70. The molecular weight excluding hydrogens is 256 g/mol. The first-order valence-electron chi connectivity index (χ1n) is 6.64. The van der Waals surface area contributed by atoms with E-state index >= 15 is 0 Å². The van der Waals surface area contributed by atoms with E-state index in [0.29, 0.717) is 18.3 Å². The molecule has 20 heavy (non-hydrogen) atoms. The molecular formula is C15H18N2O3. The van der Waals surface area contributed by atoms with Crippen LogP contribution in [-0.4, -0.2) is 22.5 Å². The van der Waals surface area contributed by atoms with E-state index in [1.807, 2.05) is 37.3 Å². The van der Waals surface area contributed by atoms with Gasteiger partial charge in [0, 0.05) is 6.61 Å². The van der Waals surface area contributed by atoms with Gasteiger partial charge in [0.2, 0.25) is 11.7 Å². The van der Waals surface area contributed by atoms with Gasteiger partial charge in [-0.3, -0.25) is 4.79 Å². The minimum absolute atomic E-state index is 0.00660. The number of hydrogen-bond donors (Lipinski definition) is 0. The highest BCUT2D eigenvalue weighted by atomic mass is 16.5. The topological polar surface area (TPSA) is 65.2 Å². The second kappa shape index (κ2) is 6.43. The average Bonchev–Trinajstić information content (AvgIpc) is 2.94. The molecule has 2 atom stereocenters. The molecule has 0 radical (unpaired) electrons. The molecule has 5 nitrogen and oxygen atoms in total. The molecule has 2 rings (SSSR count). The second-order valence-corrected chi connectivity index (χ2v) is 4.57. The van der Waals surface area contributed by atoms with Crippen molar-refractivity contribution in [1.29, 1.82) is 0 Å². The maximum absolute atomic E-state index is 11.4. The Morgan fingerprint density at radius 2 is 2.05 bits per heavy atom. The monoisotopic (exact) mass is 274 g/mol. The van der Waals surface area contributed by atoms with Crippen LogP contribution in [0.25, 0.3) is 0 Å². The van der Waals surface area contributed by atoms with Crippen molar-refractivity contribution >= 4 is 5.78 Å². The largest absolute Gasteiger partial charge is 0.366 e. The third-order valence-electron chi connectivity index (χ3n) is 3.11. The summed E-state index contributed by atoms with van der Waals surface area (Å²) in [6.07, 6.45) is -0.377. The molecule has 106 valence electrons. The second-order valence-electron chi connectivity index (χ2n) is 4.57. The Hall–Kier alpha value is -2.01. The number of benzene rings is 1. The Morgan fingerprint density at radius 1 is 1.35 bits per heavy atom. The summed E-state index contributed by atoms with van der Waals surface area (Å²) in [5.41, 5.74) is 0.956. The fourth-order valence-corrected chi connectivity index (χ4v) is 1.82. The van der Waals surface area contributed by atoms with E-state index in [1.165, 1.54) is 6.92 Å². The number of nitrogens with zero attached hydrogens (tertiary/aromatic N) is 2. The summed E-state index contributed by atoms with van der Waals surface area (Å²) in [4.78, 5) is 15.7. The highest BCUT2D eigenvalue weighted by molar-refractivity contribution is 5.81. The van der Waals surface area contributed by atoms with E-state index in [1.54, 1.807) is 6.92 Å². The Labute approximate surface area is 118 Å². The summed E-state index contributed by atoms with van der Waals surface area (Å²) in [7, 11) is 0. The molecule has 0 fully saturated rings. The van der Waals surface area contributed by atoms with Crippen molar-refractivity contribution in [2.24, 2.45) is 0 Å². The lowest BCUT2D eigenvalue weighted by Gasteiger charge is -2.13. The van der Waals surface area contributed by atoms with E-state index in [4.69, 9.17) is 9.26 Å². The Bertz CT molecular complexity index is 566. The highest BCUT2D eigenvalue weighted by Crippen LogP contribution is 2.25. The number of carbonyl (C=O) groups is 1. The number of ketones is 1.